The van der Waals surface area contributed by atoms with Gasteiger partial charge in [0.25, 0.3) is 0 Å². The van der Waals surface area contributed by atoms with Gasteiger partial charge >= 0.3 is 5.97 Å². The van der Waals surface area contributed by atoms with Gasteiger partial charge < -0.3 is 10.5 Å². The minimum atomic E-state index is -0.344. The Morgan fingerprint density at radius 3 is 3.00 bits per heavy atom. The van der Waals surface area contributed by atoms with Gasteiger partial charge in [0.2, 0.25) is 0 Å². The molecule has 0 bridgehead atoms. The van der Waals surface area contributed by atoms with E-state index in [2.05, 4.69) is 6.07 Å². The molecule has 0 amide bonds. The fourth-order valence-corrected chi connectivity index (χ4v) is 3.67. The van der Waals surface area contributed by atoms with E-state index in [9.17, 15) is 4.79 Å². The topological polar surface area (TPSA) is 65.2 Å². The van der Waals surface area contributed by atoms with Crippen LogP contribution in [0.3, 0.4) is 0 Å². The fourth-order valence-electron chi connectivity index (χ4n) is 2.68. The second-order valence-electron chi connectivity index (χ2n) is 5.07. The number of nitrogens with two attached hydrogens (primary N) is 1. The summed E-state index contributed by atoms with van der Waals surface area (Å²) in [5.74, 6) is -0.344. The lowest BCUT2D eigenvalue weighted by atomic mass is 10.1. The van der Waals surface area contributed by atoms with Crippen LogP contribution in [0.5, 0.6) is 0 Å². The molecule has 20 heavy (non-hydrogen) atoms. The van der Waals surface area contributed by atoms with Gasteiger partial charge in [0.05, 0.1) is 12.3 Å². The van der Waals surface area contributed by atoms with Crippen molar-refractivity contribution in [2.24, 2.45) is 0 Å². The van der Waals surface area contributed by atoms with E-state index in [1.807, 2.05) is 0 Å². The number of hydrogen-bond donors (Lipinski definition) is 1. The van der Waals surface area contributed by atoms with E-state index in [0.29, 0.717) is 17.2 Å². The molecule has 0 radical (unpaired) electrons. The molecule has 5 heteroatoms. The van der Waals surface area contributed by atoms with Crippen LogP contribution in [0.25, 0.3) is 10.2 Å². The Morgan fingerprint density at radius 2 is 2.20 bits per heavy atom. The van der Waals surface area contributed by atoms with Crippen molar-refractivity contribution in [1.82, 2.24) is 4.98 Å². The third-order valence-electron chi connectivity index (χ3n) is 3.71. The van der Waals surface area contributed by atoms with Crippen LogP contribution in [-0.4, -0.2) is 17.6 Å². The standard InChI is InChI=1S/C15H18N2O2S/c1-2-19-15(18)13-12(16)10-8-9-6-4-3-5-7-11(9)17-14(10)20-13/h8H,2-7,16H2,1H3. The minimum absolute atomic E-state index is 0.344. The summed E-state index contributed by atoms with van der Waals surface area (Å²) in [6.45, 7) is 2.15. The summed E-state index contributed by atoms with van der Waals surface area (Å²) in [6.07, 6.45) is 5.74. The monoisotopic (exact) mass is 290 g/mol. The number of nitrogen functional groups attached to an aromatic ring is 1. The lowest BCUT2D eigenvalue weighted by Gasteiger charge is -2.04. The maximum Gasteiger partial charge on any atom is 0.350 e. The molecule has 0 spiro atoms. The number of esters is 1. The van der Waals surface area contributed by atoms with Gasteiger partial charge in [0.15, 0.2) is 0 Å². The molecule has 2 aromatic rings. The highest BCUT2D eigenvalue weighted by Gasteiger charge is 2.20. The van der Waals surface area contributed by atoms with Gasteiger partial charge in [0.1, 0.15) is 9.71 Å². The normalized spacial score (nSPS) is 14.8. The first-order valence-electron chi connectivity index (χ1n) is 7.08. The maximum absolute atomic E-state index is 11.9. The molecule has 3 rings (SSSR count). The van der Waals surface area contributed by atoms with Gasteiger partial charge in [-0.1, -0.05) is 6.42 Å². The molecule has 0 unspecified atom stereocenters. The minimum Gasteiger partial charge on any atom is -0.462 e. The molecular formula is C15H18N2O2S. The molecule has 0 fully saturated rings. The Balaban J connectivity index is 2.10. The first kappa shape index (κ1) is 13.4. The van der Waals surface area contributed by atoms with E-state index in [0.717, 1.165) is 23.1 Å². The molecule has 2 heterocycles. The molecule has 1 aliphatic rings. The summed E-state index contributed by atoms with van der Waals surface area (Å²) in [5, 5.41) is 0.902. The number of pyridine rings is 1. The summed E-state index contributed by atoms with van der Waals surface area (Å²) in [4.78, 5) is 18.0. The second-order valence-corrected chi connectivity index (χ2v) is 6.07. The number of fused-ring (bicyclic) bond motifs is 2. The zero-order valence-corrected chi connectivity index (χ0v) is 12.4. The molecular weight excluding hydrogens is 272 g/mol. The molecule has 0 aromatic carbocycles. The van der Waals surface area contributed by atoms with E-state index in [4.69, 9.17) is 15.5 Å². The number of carbonyl (C=O) groups excluding carboxylic acids is 1. The lowest BCUT2D eigenvalue weighted by molar-refractivity contribution is 0.0533. The SMILES string of the molecule is CCOC(=O)c1sc2nc3c(cc2c1N)CCCCC3. The molecule has 2 N–H and O–H groups in total. The van der Waals surface area contributed by atoms with E-state index in [1.165, 1.54) is 41.9 Å². The lowest BCUT2D eigenvalue weighted by Crippen LogP contribution is -2.04. The maximum atomic E-state index is 11.9. The number of nitrogens with zero attached hydrogens (tertiary/aromatic N) is 1. The van der Waals surface area contributed by atoms with Crippen molar-refractivity contribution in [3.05, 3.63) is 22.2 Å². The van der Waals surface area contributed by atoms with Crippen LogP contribution in [0.1, 0.15) is 47.1 Å². The van der Waals surface area contributed by atoms with Crippen LogP contribution in [0.4, 0.5) is 5.69 Å². The van der Waals surface area contributed by atoms with E-state index >= 15 is 0 Å². The van der Waals surface area contributed by atoms with Gasteiger partial charge in [-0.3, -0.25) is 0 Å². The van der Waals surface area contributed by atoms with Crippen LogP contribution in [0.15, 0.2) is 6.07 Å². The molecule has 106 valence electrons. The van der Waals surface area contributed by atoms with Crippen molar-refractivity contribution in [2.45, 2.75) is 39.0 Å². The van der Waals surface area contributed by atoms with Crippen molar-refractivity contribution in [1.29, 1.82) is 0 Å². The van der Waals surface area contributed by atoms with Gasteiger partial charge in [0, 0.05) is 11.1 Å². The van der Waals surface area contributed by atoms with Crippen LogP contribution >= 0.6 is 11.3 Å². The third kappa shape index (κ3) is 2.26. The summed E-state index contributed by atoms with van der Waals surface area (Å²) < 4.78 is 5.05. The smallest absolute Gasteiger partial charge is 0.350 e. The average molecular weight is 290 g/mol. The molecule has 0 saturated heterocycles. The van der Waals surface area contributed by atoms with Crippen molar-refractivity contribution < 1.29 is 9.53 Å². The predicted octanol–water partition coefficient (Wildman–Crippen LogP) is 3.32. The van der Waals surface area contributed by atoms with Gasteiger partial charge in [-0.15, -0.1) is 11.3 Å². The quantitative estimate of drug-likeness (QED) is 0.680. The highest BCUT2D eigenvalue weighted by atomic mass is 32.1. The summed E-state index contributed by atoms with van der Waals surface area (Å²) in [7, 11) is 0. The molecule has 0 saturated carbocycles. The molecule has 2 aromatic heterocycles. The number of anilines is 1. The van der Waals surface area contributed by atoms with Crippen LogP contribution in [0, 0.1) is 0 Å². The Hall–Kier alpha value is -1.62. The molecule has 0 aliphatic heterocycles. The first-order chi connectivity index (χ1) is 9.70. The largest absolute Gasteiger partial charge is 0.462 e. The first-order valence-corrected chi connectivity index (χ1v) is 7.90. The molecule has 4 nitrogen and oxygen atoms in total. The van der Waals surface area contributed by atoms with E-state index < -0.39 is 0 Å². The number of aryl methyl sites for hydroxylation is 2. The van der Waals surface area contributed by atoms with Crippen molar-refractivity contribution in [3.63, 3.8) is 0 Å². The second kappa shape index (κ2) is 5.40. The Morgan fingerprint density at radius 1 is 1.40 bits per heavy atom. The highest BCUT2D eigenvalue weighted by molar-refractivity contribution is 7.21. The number of ether oxygens (including phenoxy) is 1. The van der Waals surface area contributed by atoms with E-state index in [-0.39, 0.29) is 5.97 Å². The zero-order chi connectivity index (χ0) is 14.1. The van der Waals surface area contributed by atoms with Gasteiger partial charge in [-0.2, -0.15) is 0 Å². The summed E-state index contributed by atoms with van der Waals surface area (Å²) in [6, 6.07) is 2.12. The molecule has 0 atom stereocenters. The van der Waals surface area contributed by atoms with Crippen LogP contribution < -0.4 is 5.73 Å². The average Bonchev–Trinajstić information content (AvgIpc) is 2.62. The summed E-state index contributed by atoms with van der Waals surface area (Å²) in [5.41, 5.74) is 9.09. The fraction of sp³-hybridized carbons (Fsp3) is 0.467. The number of carbonyl (C=O) groups is 1. The number of thiophene rings is 1. The Bertz CT molecular complexity index is 663. The van der Waals surface area contributed by atoms with Crippen molar-refractivity contribution in [3.8, 4) is 0 Å². The number of rotatable bonds is 2. The number of hydrogen-bond acceptors (Lipinski definition) is 5. The Labute approximate surface area is 122 Å². The van der Waals surface area contributed by atoms with Gasteiger partial charge in [-0.05, 0) is 44.2 Å². The van der Waals surface area contributed by atoms with Crippen molar-refractivity contribution in [2.75, 3.05) is 12.3 Å². The van der Waals surface area contributed by atoms with E-state index in [1.54, 1.807) is 6.92 Å². The van der Waals surface area contributed by atoms with Gasteiger partial charge in [-0.25, -0.2) is 9.78 Å². The highest BCUT2D eigenvalue weighted by Crippen LogP contribution is 2.35. The molecule has 1 aliphatic carbocycles. The summed E-state index contributed by atoms with van der Waals surface area (Å²) >= 11 is 1.34. The van der Waals surface area contributed by atoms with Crippen molar-refractivity contribution >= 4 is 33.2 Å². The van der Waals surface area contributed by atoms with Crippen LogP contribution in [-0.2, 0) is 17.6 Å². The predicted molar refractivity (Wildman–Crippen MR) is 81.2 cm³/mol. The third-order valence-corrected chi connectivity index (χ3v) is 4.81. The Kier molecular flexibility index (Phi) is 3.61. The number of aromatic nitrogens is 1. The zero-order valence-electron chi connectivity index (χ0n) is 11.6. The van der Waals surface area contributed by atoms with Crippen LogP contribution in [0.2, 0.25) is 0 Å².